The molecule has 1 N–H and O–H groups in total. The van der Waals surface area contributed by atoms with Crippen LogP contribution >= 0.6 is 0 Å². The molecule has 0 heterocycles. The molecule has 1 aromatic rings. The maximum absolute atomic E-state index is 12.3. The highest BCUT2D eigenvalue weighted by molar-refractivity contribution is 6.00. The highest BCUT2D eigenvalue weighted by Crippen LogP contribution is 2.34. The summed E-state index contributed by atoms with van der Waals surface area (Å²) in [5, 5.41) is 9.09. The van der Waals surface area contributed by atoms with Crippen LogP contribution in [-0.2, 0) is 4.79 Å². The van der Waals surface area contributed by atoms with E-state index in [2.05, 4.69) is 0 Å². The Kier molecular flexibility index (Phi) is 3.65. The molecule has 1 aliphatic rings. The summed E-state index contributed by atoms with van der Waals surface area (Å²) in [7, 11) is 1.56. The van der Waals surface area contributed by atoms with Gasteiger partial charge in [0.1, 0.15) is 5.75 Å². The quantitative estimate of drug-likeness (QED) is 0.831. The number of methoxy groups -OCH3 is 1. The largest absolute Gasteiger partial charge is 0.497 e. The number of ketones is 1. The van der Waals surface area contributed by atoms with Crippen LogP contribution in [0.5, 0.6) is 5.75 Å². The first-order valence-electron chi connectivity index (χ1n) is 6.04. The van der Waals surface area contributed by atoms with Crippen LogP contribution in [-0.4, -0.2) is 24.0 Å². The number of carboxylic acid groups (broad SMARTS) is 1. The van der Waals surface area contributed by atoms with Crippen molar-refractivity contribution in [3.05, 3.63) is 29.8 Å². The average molecular weight is 248 g/mol. The molecule has 1 fully saturated rings. The maximum atomic E-state index is 12.3. The Bertz CT molecular complexity index is 449. The number of hydrogen-bond acceptors (Lipinski definition) is 3. The molecule has 2 rings (SSSR count). The fourth-order valence-electron chi connectivity index (χ4n) is 2.54. The Morgan fingerprint density at radius 3 is 2.33 bits per heavy atom. The van der Waals surface area contributed by atoms with E-state index in [1.54, 1.807) is 31.4 Å². The number of carboxylic acids is 1. The van der Waals surface area contributed by atoms with Gasteiger partial charge < -0.3 is 9.84 Å². The molecule has 0 amide bonds. The van der Waals surface area contributed by atoms with Gasteiger partial charge in [-0.25, -0.2) is 0 Å². The van der Waals surface area contributed by atoms with Crippen LogP contribution in [0.25, 0.3) is 0 Å². The van der Waals surface area contributed by atoms with E-state index in [-0.39, 0.29) is 11.7 Å². The molecule has 0 radical (unpaired) electrons. The van der Waals surface area contributed by atoms with Gasteiger partial charge in [-0.3, -0.25) is 9.59 Å². The number of hydrogen-bond donors (Lipinski definition) is 1. The molecule has 0 aliphatic heterocycles. The Balaban J connectivity index is 2.17. The van der Waals surface area contributed by atoms with E-state index in [1.165, 1.54) is 0 Å². The number of Topliss-reactive ketones (excluding diaryl/α,β-unsaturated/α-hetero) is 1. The van der Waals surface area contributed by atoms with E-state index in [0.29, 0.717) is 24.2 Å². The zero-order chi connectivity index (χ0) is 13.1. The molecular formula is C14H16O4. The van der Waals surface area contributed by atoms with Crippen molar-refractivity contribution in [2.45, 2.75) is 19.3 Å². The molecule has 1 saturated carbocycles. The van der Waals surface area contributed by atoms with E-state index < -0.39 is 11.9 Å². The molecule has 0 spiro atoms. The molecule has 0 saturated heterocycles. The first-order valence-corrected chi connectivity index (χ1v) is 6.04. The van der Waals surface area contributed by atoms with E-state index in [1.807, 2.05) is 0 Å². The number of aliphatic carboxylic acids is 1. The lowest BCUT2D eigenvalue weighted by Gasteiger charge is -2.14. The van der Waals surface area contributed by atoms with Gasteiger partial charge in [-0.05, 0) is 37.1 Å². The van der Waals surface area contributed by atoms with Crippen LogP contribution in [0.15, 0.2) is 24.3 Å². The third-order valence-electron chi connectivity index (χ3n) is 3.54. The first-order chi connectivity index (χ1) is 8.63. The average Bonchev–Trinajstić information content (AvgIpc) is 2.87. The van der Waals surface area contributed by atoms with Crippen molar-refractivity contribution < 1.29 is 19.4 Å². The third-order valence-corrected chi connectivity index (χ3v) is 3.54. The predicted octanol–water partition coefficient (Wildman–Crippen LogP) is 2.38. The smallest absolute Gasteiger partial charge is 0.307 e. The van der Waals surface area contributed by atoms with Crippen LogP contribution in [0.4, 0.5) is 0 Å². The predicted molar refractivity (Wildman–Crippen MR) is 65.8 cm³/mol. The lowest BCUT2D eigenvalue weighted by Crippen LogP contribution is -2.25. The summed E-state index contributed by atoms with van der Waals surface area (Å²) in [5.41, 5.74) is 0.564. The summed E-state index contributed by atoms with van der Waals surface area (Å²) < 4.78 is 5.03. The van der Waals surface area contributed by atoms with Crippen LogP contribution < -0.4 is 4.74 Å². The summed E-state index contributed by atoms with van der Waals surface area (Å²) in [5.74, 6) is -1.15. The van der Waals surface area contributed by atoms with E-state index in [4.69, 9.17) is 9.84 Å². The first kappa shape index (κ1) is 12.6. The number of carbonyl (C=O) groups is 2. The summed E-state index contributed by atoms with van der Waals surface area (Å²) >= 11 is 0. The summed E-state index contributed by atoms with van der Waals surface area (Å²) in [6.45, 7) is 0. The van der Waals surface area contributed by atoms with Crippen molar-refractivity contribution in [3.63, 3.8) is 0 Å². The Labute approximate surface area is 106 Å². The van der Waals surface area contributed by atoms with Crippen molar-refractivity contribution in [2.75, 3.05) is 7.11 Å². The Morgan fingerprint density at radius 1 is 1.17 bits per heavy atom. The van der Waals surface area contributed by atoms with Crippen molar-refractivity contribution in [2.24, 2.45) is 11.8 Å². The zero-order valence-electron chi connectivity index (χ0n) is 10.3. The molecule has 4 heteroatoms. The molecule has 96 valence electrons. The van der Waals surface area contributed by atoms with E-state index >= 15 is 0 Å². The van der Waals surface area contributed by atoms with Crippen LogP contribution in [0.2, 0.25) is 0 Å². The zero-order valence-corrected chi connectivity index (χ0v) is 10.3. The standard InChI is InChI=1S/C14H16O4/c1-18-10-7-5-9(6-8-10)13(15)11-3-2-4-12(11)14(16)17/h5-8,11-12H,2-4H2,1H3,(H,16,17)/t11-,12+/m0/s1. The minimum Gasteiger partial charge on any atom is -0.497 e. The minimum absolute atomic E-state index is 0.0671. The van der Waals surface area contributed by atoms with Gasteiger partial charge in [0.15, 0.2) is 5.78 Å². The van der Waals surface area contributed by atoms with E-state index in [9.17, 15) is 9.59 Å². The molecule has 2 atom stereocenters. The lowest BCUT2D eigenvalue weighted by molar-refractivity contribution is -0.142. The fourth-order valence-corrected chi connectivity index (χ4v) is 2.54. The van der Waals surface area contributed by atoms with Gasteiger partial charge >= 0.3 is 5.97 Å². The minimum atomic E-state index is -0.862. The van der Waals surface area contributed by atoms with Crippen molar-refractivity contribution in [3.8, 4) is 5.75 Å². The van der Waals surface area contributed by atoms with Gasteiger partial charge in [0.2, 0.25) is 0 Å². The molecule has 4 nitrogen and oxygen atoms in total. The maximum Gasteiger partial charge on any atom is 0.307 e. The molecule has 0 aromatic heterocycles. The number of carbonyl (C=O) groups excluding carboxylic acids is 1. The van der Waals surface area contributed by atoms with Gasteiger partial charge in [-0.15, -0.1) is 0 Å². The number of rotatable bonds is 4. The normalized spacial score (nSPS) is 22.7. The SMILES string of the molecule is COc1ccc(C(=O)[C@H]2CCC[C@H]2C(=O)O)cc1. The van der Waals surface area contributed by atoms with Gasteiger partial charge in [-0.1, -0.05) is 6.42 Å². The molecule has 0 unspecified atom stereocenters. The van der Waals surface area contributed by atoms with Gasteiger partial charge in [-0.2, -0.15) is 0 Å². The van der Waals surface area contributed by atoms with E-state index in [0.717, 1.165) is 6.42 Å². The van der Waals surface area contributed by atoms with Crippen LogP contribution in [0.3, 0.4) is 0 Å². The lowest BCUT2D eigenvalue weighted by atomic mass is 9.88. The summed E-state index contributed by atoms with van der Waals surface area (Å²) in [6.07, 6.45) is 2.08. The topological polar surface area (TPSA) is 63.6 Å². The highest BCUT2D eigenvalue weighted by Gasteiger charge is 2.37. The summed E-state index contributed by atoms with van der Waals surface area (Å²) in [6, 6.07) is 6.83. The van der Waals surface area contributed by atoms with Gasteiger partial charge in [0.25, 0.3) is 0 Å². The molecule has 0 bridgehead atoms. The Morgan fingerprint density at radius 2 is 1.78 bits per heavy atom. The second-order valence-electron chi connectivity index (χ2n) is 4.57. The van der Waals surface area contributed by atoms with Crippen molar-refractivity contribution in [1.82, 2.24) is 0 Å². The van der Waals surface area contributed by atoms with Crippen LogP contribution in [0, 0.1) is 11.8 Å². The molecule has 1 aliphatic carbocycles. The molecule has 1 aromatic carbocycles. The summed E-state index contributed by atoms with van der Waals surface area (Å²) in [4.78, 5) is 23.3. The van der Waals surface area contributed by atoms with Gasteiger partial charge in [0, 0.05) is 11.5 Å². The van der Waals surface area contributed by atoms with Crippen molar-refractivity contribution in [1.29, 1.82) is 0 Å². The molecular weight excluding hydrogens is 232 g/mol. The third kappa shape index (κ3) is 2.37. The number of benzene rings is 1. The van der Waals surface area contributed by atoms with Crippen LogP contribution in [0.1, 0.15) is 29.6 Å². The molecule has 18 heavy (non-hydrogen) atoms. The fraction of sp³-hybridized carbons (Fsp3) is 0.429. The number of ether oxygens (including phenoxy) is 1. The second-order valence-corrected chi connectivity index (χ2v) is 4.57. The Hall–Kier alpha value is -1.84. The monoisotopic (exact) mass is 248 g/mol. The van der Waals surface area contributed by atoms with Crippen molar-refractivity contribution >= 4 is 11.8 Å². The second kappa shape index (κ2) is 5.21. The highest BCUT2D eigenvalue weighted by atomic mass is 16.5. The van der Waals surface area contributed by atoms with Gasteiger partial charge in [0.05, 0.1) is 13.0 Å².